The van der Waals surface area contributed by atoms with Gasteiger partial charge < -0.3 is 25.4 Å². The molecule has 0 saturated heterocycles. The lowest BCUT2D eigenvalue weighted by Crippen LogP contribution is -2.39. The molecule has 1 atom stereocenters. The number of benzene rings is 1. The molecule has 1 heterocycles. The highest BCUT2D eigenvalue weighted by atomic mass is 35.5. The van der Waals surface area contributed by atoms with Crippen molar-refractivity contribution in [1.29, 1.82) is 0 Å². The van der Waals surface area contributed by atoms with Gasteiger partial charge in [-0.2, -0.15) is 0 Å². The highest BCUT2D eigenvalue weighted by Crippen LogP contribution is 2.34. The number of fused-ring (bicyclic) bond motifs is 1. The van der Waals surface area contributed by atoms with Crippen LogP contribution in [-0.4, -0.2) is 32.8 Å². The number of nitrogens with one attached hydrogen (secondary N) is 2. The minimum absolute atomic E-state index is 0.215. The van der Waals surface area contributed by atoms with Crippen molar-refractivity contribution in [2.24, 2.45) is 0 Å². The Morgan fingerprint density at radius 1 is 1.28 bits per heavy atom. The molecule has 0 fully saturated rings. The van der Waals surface area contributed by atoms with Crippen LogP contribution in [-0.2, 0) is 24.2 Å². The average Bonchev–Trinajstić information content (AvgIpc) is 3.12. The van der Waals surface area contributed by atoms with Gasteiger partial charge in [0.15, 0.2) is 5.69 Å². The molecular formula is C20H22ClN3O5. The Hall–Kier alpha value is -3.00. The zero-order chi connectivity index (χ0) is 21.1. The fourth-order valence-electron chi connectivity index (χ4n) is 3.55. The largest absolute Gasteiger partial charge is 0.505 e. The molecule has 0 aliphatic heterocycles. The van der Waals surface area contributed by atoms with Crippen molar-refractivity contribution in [3.05, 3.63) is 56.5 Å². The van der Waals surface area contributed by atoms with Crippen molar-refractivity contribution >= 4 is 29.3 Å². The van der Waals surface area contributed by atoms with Gasteiger partial charge in [0.25, 0.3) is 5.56 Å². The van der Waals surface area contributed by atoms with Crippen LogP contribution in [0.4, 0.5) is 10.5 Å². The lowest BCUT2D eigenvalue weighted by atomic mass is 10.1. The van der Waals surface area contributed by atoms with E-state index in [9.17, 15) is 19.5 Å². The fourth-order valence-corrected chi connectivity index (χ4v) is 3.75. The van der Waals surface area contributed by atoms with E-state index in [0.29, 0.717) is 23.4 Å². The third-order valence-electron chi connectivity index (χ3n) is 4.88. The zero-order valence-electron chi connectivity index (χ0n) is 15.9. The number of carboxylic acids is 1. The standard InChI is InChI=1S/C20H22ClN3O5/c1-11(9-16(25)26)22-20(29)23-17-18(27)13-6-4-8-15(13)24(19(17)28)10-12-5-2-3-7-14(12)21/h2-3,5,7,11,27H,4,6,8-10H2,1H3,(H,25,26)(H2,22,23,29)/t11-/m1/s1. The van der Waals surface area contributed by atoms with Gasteiger partial charge in [0.1, 0.15) is 5.75 Å². The van der Waals surface area contributed by atoms with E-state index in [1.54, 1.807) is 12.1 Å². The molecule has 154 valence electrons. The first-order valence-corrected chi connectivity index (χ1v) is 9.66. The van der Waals surface area contributed by atoms with E-state index < -0.39 is 23.6 Å². The molecule has 1 aliphatic rings. The molecule has 0 saturated carbocycles. The number of amides is 2. The summed E-state index contributed by atoms with van der Waals surface area (Å²) in [7, 11) is 0. The molecule has 2 aromatic rings. The number of halogens is 1. The number of aliphatic carboxylic acids is 1. The van der Waals surface area contributed by atoms with Gasteiger partial charge in [0.2, 0.25) is 0 Å². The number of carboxylic acid groups (broad SMARTS) is 1. The quantitative estimate of drug-likeness (QED) is 0.573. The molecule has 0 radical (unpaired) electrons. The molecule has 2 amide bonds. The summed E-state index contributed by atoms with van der Waals surface area (Å²) < 4.78 is 1.53. The van der Waals surface area contributed by atoms with Crippen molar-refractivity contribution in [1.82, 2.24) is 9.88 Å². The lowest BCUT2D eigenvalue weighted by molar-refractivity contribution is -0.137. The van der Waals surface area contributed by atoms with Crippen molar-refractivity contribution in [3.63, 3.8) is 0 Å². The van der Waals surface area contributed by atoms with Crippen molar-refractivity contribution in [3.8, 4) is 5.75 Å². The van der Waals surface area contributed by atoms with Gasteiger partial charge in [-0.25, -0.2) is 4.79 Å². The highest BCUT2D eigenvalue weighted by Gasteiger charge is 2.26. The molecule has 0 unspecified atom stereocenters. The fraction of sp³-hybridized carbons (Fsp3) is 0.350. The van der Waals surface area contributed by atoms with E-state index >= 15 is 0 Å². The Bertz CT molecular complexity index is 1020. The van der Waals surface area contributed by atoms with Crippen LogP contribution >= 0.6 is 11.6 Å². The molecule has 8 nitrogen and oxygen atoms in total. The summed E-state index contributed by atoms with van der Waals surface area (Å²) in [5.74, 6) is -1.29. The zero-order valence-corrected chi connectivity index (χ0v) is 16.6. The molecule has 1 aromatic carbocycles. The third-order valence-corrected chi connectivity index (χ3v) is 5.25. The minimum atomic E-state index is -1.06. The van der Waals surface area contributed by atoms with Crippen molar-refractivity contribution < 1.29 is 19.8 Å². The number of anilines is 1. The van der Waals surface area contributed by atoms with Gasteiger partial charge in [-0.15, -0.1) is 0 Å². The summed E-state index contributed by atoms with van der Waals surface area (Å²) in [6, 6.07) is 5.77. The summed E-state index contributed by atoms with van der Waals surface area (Å²) >= 11 is 6.24. The molecule has 4 N–H and O–H groups in total. The molecule has 3 rings (SSSR count). The maximum Gasteiger partial charge on any atom is 0.319 e. The van der Waals surface area contributed by atoms with Crippen LogP contribution in [0.15, 0.2) is 29.1 Å². The molecular weight excluding hydrogens is 398 g/mol. The average molecular weight is 420 g/mol. The first kappa shape index (κ1) is 20.7. The third kappa shape index (κ3) is 4.54. The number of nitrogens with zero attached hydrogens (tertiary/aromatic N) is 1. The second-order valence-corrected chi connectivity index (χ2v) is 7.49. The molecule has 9 heteroatoms. The maximum absolute atomic E-state index is 13.1. The number of urea groups is 1. The van der Waals surface area contributed by atoms with Gasteiger partial charge in [-0.05, 0) is 37.8 Å². The Balaban J connectivity index is 1.94. The van der Waals surface area contributed by atoms with E-state index in [4.69, 9.17) is 16.7 Å². The van der Waals surface area contributed by atoms with Crippen LogP contribution in [0, 0.1) is 0 Å². The number of aromatic nitrogens is 1. The summed E-state index contributed by atoms with van der Waals surface area (Å²) in [5, 5.41) is 24.8. The van der Waals surface area contributed by atoms with Gasteiger partial charge in [-0.1, -0.05) is 29.8 Å². The van der Waals surface area contributed by atoms with Crippen molar-refractivity contribution in [2.45, 2.75) is 45.2 Å². The van der Waals surface area contributed by atoms with Crippen LogP contribution < -0.4 is 16.2 Å². The van der Waals surface area contributed by atoms with E-state index in [1.165, 1.54) is 11.5 Å². The van der Waals surface area contributed by atoms with E-state index in [0.717, 1.165) is 17.7 Å². The molecule has 1 aliphatic carbocycles. The monoisotopic (exact) mass is 419 g/mol. The second kappa shape index (κ2) is 8.57. The van der Waals surface area contributed by atoms with Gasteiger partial charge >= 0.3 is 12.0 Å². The number of hydrogen-bond donors (Lipinski definition) is 4. The molecule has 1 aromatic heterocycles. The Labute approximate surface area is 172 Å². The first-order valence-electron chi connectivity index (χ1n) is 9.28. The van der Waals surface area contributed by atoms with E-state index in [1.807, 2.05) is 12.1 Å². The Kier molecular flexibility index (Phi) is 6.12. The number of aromatic hydroxyl groups is 1. The number of pyridine rings is 1. The smallest absolute Gasteiger partial charge is 0.319 e. The highest BCUT2D eigenvalue weighted by molar-refractivity contribution is 6.31. The summed E-state index contributed by atoms with van der Waals surface area (Å²) in [6.07, 6.45) is 1.76. The number of carbonyl (C=O) groups is 2. The normalized spacial score (nSPS) is 13.6. The van der Waals surface area contributed by atoms with Gasteiger partial charge in [0.05, 0.1) is 13.0 Å². The number of rotatable bonds is 6. The van der Waals surface area contributed by atoms with Crippen LogP contribution in [0.1, 0.15) is 36.6 Å². The van der Waals surface area contributed by atoms with E-state index in [-0.39, 0.29) is 24.4 Å². The van der Waals surface area contributed by atoms with Gasteiger partial charge in [0, 0.05) is 22.3 Å². The summed E-state index contributed by atoms with van der Waals surface area (Å²) in [6.45, 7) is 1.75. The Morgan fingerprint density at radius 2 is 2.00 bits per heavy atom. The molecule has 0 spiro atoms. The number of hydrogen-bond acceptors (Lipinski definition) is 4. The maximum atomic E-state index is 13.1. The number of carbonyl (C=O) groups excluding carboxylic acids is 1. The minimum Gasteiger partial charge on any atom is -0.505 e. The summed E-state index contributed by atoms with van der Waals surface area (Å²) in [4.78, 5) is 36.1. The van der Waals surface area contributed by atoms with Crippen LogP contribution in [0.3, 0.4) is 0 Å². The predicted octanol–water partition coefficient (Wildman–Crippen LogP) is 2.73. The van der Waals surface area contributed by atoms with Crippen LogP contribution in [0.25, 0.3) is 0 Å². The van der Waals surface area contributed by atoms with Crippen molar-refractivity contribution in [2.75, 3.05) is 5.32 Å². The van der Waals surface area contributed by atoms with Crippen LogP contribution in [0.5, 0.6) is 5.75 Å². The Morgan fingerprint density at radius 3 is 2.69 bits per heavy atom. The lowest BCUT2D eigenvalue weighted by Gasteiger charge is -2.18. The molecule has 29 heavy (non-hydrogen) atoms. The predicted molar refractivity (Wildman–Crippen MR) is 109 cm³/mol. The van der Waals surface area contributed by atoms with Gasteiger partial charge in [-0.3, -0.25) is 9.59 Å². The van der Waals surface area contributed by atoms with E-state index in [2.05, 4.69) is 10.6 Å². The topological polar surface area (TPSA) is 121 Å². The molecule has 0 bridgehead atoms. The SMILES string of the molecule is C[C@H](CC(=O)O)NC(=O)Nc1c(O)c2c(n(Cc3ccccc3Cl)c1=O)CCC2. The first-order chi connectivity index (χ1) is 13.8. The second-order valence-electron chi connectivity index (χ2n) is 7.08. The summed E-state index contributed by atoms with van der Waals surface area (Å²) in [5.41, 5.74) is 1.35. The van der Waals surface area contributed by atoms with Crippen LogP contribution in [0.2, 0.25) is 5.02 Å².